The molecule has 1 rings (SSSR count). The van der Waals surface area contributed by atoms with Gasteiger partial charge in [-0.25, -0.2) is 0 Å². The lowest BCUT2D eigenvalue weighted by molar-refractivity contribution is 0.0992. The van der Waals surface area contributed by atoms with E-state index < -0.39 is 0 Å². The van der Waals surface area contributed by atoms with Crippen molar-refractivity contribution in [3.05, 3.63) is 59.0 Å². The third-order valence-electron chi connectivity index (χ3n) is 2.26. The Morgan fingerprint density at radius 1 is 1.24 bits per heavy atom. The first-order valence-corrected chi connectivity index (χ1v) is 6.35. The minimum Gasteiger partial charge on any atom is -0.294 e. The van der Waals surface area contributed by atoms with Crippen molar-refractivity contribution in [1.29, 1.82) is 0 Å². The van der Waals surface area contributed by atoms with Crippen molar-refractivity contribution in [2.24, 2.45) is 0 Å². The Labute approximate surface area is 105 Å². The Morgan fingerprint density at radius 2 is 1.82 bits per heavy atom. The highest BCUT2D eigenvalue weighted by atomic mass is 32.2. The number of carbonyl (C=O) groups is 2. The molecule has 0 atom stereocenters. The van der Waals surface area contributed by atoms with Crippen molar-refractivity contribution < 1.29 is 9.59 Å². The van der Waals surface area contributed by atoms with Gasteiger partial charge in [0.05, 0.1) is 4.91 Å². The van der Waals surface area contributed by atoms with E-state index in [1.54, 1.807) is 36.4 Å². The van der Waals surface area contributed by atoms with E-state index in [1.807, 2.05) is 6.26 Å². The minimum atomic E-state index is -0.136. The molecule has 0 amide bonds. The van der Waals surface area contributed by atoms with Gasteiger partial charge in [-0.15, -0.1) is 11.8 Å². The van der Waals surface area contributed by atoms with Gasteiger partial charge in [0, 0.05) is 11.1 Å². The Balaban J connectivity index is 3.25. The molecule has 0 heterocycles. The highest BCUT2D eigenvalue weighted by Crippen LogP contribution is 2.21. The molecule has 1 aromatic carbocycles. The lowest BCUT2D eigenvalue weighted by atomic mass is 10.0. The van der Waals surface area contributed by atoms with Crippen molar-refractivity contribution in [1.82, 2.24) is 0 Å². The average molecular weight is 246 g/mol. The average Bonchev–Trinajstić information content (AvgIpc) is 2.35. The van der Waals surface area contributed by atoms with Gasteiger partial charge in [0.25, 0.3) is 0 Å². The molecule has 0 bridgehead atoms. The summed E-state index contributed by atoms with van der Waals surface area (Å²) < 4.78 is 0. The molecule has 0 N–H and O–H groups in total. The summed E-state index contributed by atoms with van der Waals surface area (Å²) in [5.74, 6) is -0.240. The summed E-state index contributed by atoms with van der Waals surface area (Å²) in [5, 5.41) is 0. The van der Waals surface area contributed by atoms with Crippen molar-refractivity contribution in [2.45, 2.75) is 6.92 Å². The molecule has 2 nitrogen and oxygen atoms in total. The van der Waals surface area contributed by atoms with Crippen LogP contribution in [0.15, 0.2) is 47.9 Å². The van der Waals surface area contributed by atoms with Crippen molar-refractivity contribution in [3.63, 3.8) is 0 Å². The summed E-state index contributed by atoms with van der Waals surface area (Å²) in [5.41, 5.74) is 0.906. The molecule has 3 heteroatoms. The monoisotopic (exact) mass is 246 g/mol. The van der Waals surface area contributed by atoms with Gasteiger partial charge < -0.3 is 0 Å². The maximum atomic E-state index is 12.2. The summed E-state index contributed by atoms with van der Waals surface area (Å²) >= 11 is 1.35. The molecule has 88 valence electrons. The van der Waals surface area contributed by atoms with Crippen molar-refractivity contribution in [3.8, 4) is 0 Å². The summed E-state index contributed by atoms with van der Waals surface area (Å²) in [6, 6.07) is 6.85. The summed E-state index contributed by atoms with van der Waals surface area (Å²) in [6.45, 7) is 5.03. The number of allylic oxidation sites excluding steroid dienone is 3. The van der Waals surface area contributed by atoms with E-state index in [0.717, 1.165) is 0 Å². The first kappa shape index (κ1) is 13.5. The Hall–Kier alpha value is -1.61. The first-order valence-electron chi connectivity index (χ1n) is 5.13. The molecule has 1 aromatic rings. The van der Waals surface area contributed by atoms with Crippen LogP contribution >= 0.6 is 11.8 Å². The zero-order chi connectivity index (χ0) is 12.8. The van der Waals surface area contributed by atoms with Gasteiger partial charge in [0.1, 0.15) is 0 Å². The quantitative estimate of drug-likeness (QED) is 0.453. The molecule has 17 heavy (non-hydrogen) atoms. The lowest BCUT2D eigenvalue weighted by Crippen LogP contribution is -2.07. The van der Waals surface area contributed by atoms with Crippen molar-refractivity contribution >= 4 is 23.3 Å². The predicted octanol–water partition coefficient (Wildman–Crippen LogP) is 3.50. The first-order chi connectivity index (χ1) is 8.11. The van der Waals surface area contributed by atoms with Crippen LogP contribution in [0.1, 0.15) is 27.6 Å². The van der Waals surface area contributed by atoms with Crippen LogP contribution in [0.4, 0.5) is 0 Å². The molecule has 0 fully saturated rings. The van der Waals surface area contributed by atoms with Crippen LogP contribution in [0.2, 0.25) is 0 Å². The Morgan fingerprint density at radius 3 is 2.29 bits per heavy atom. The summed E-state index contributed by atoms with van der Waals surface area (Å²) in [6.07, 6.45) is 5.05. The molecule has 0 spiro atoms. The molecule has 0 aromatic heterocycles. The van der Waals surface area contributed by atoms with E-state index in [0.29, 0.717) is 16.0 Å². The standard InChI is InChI=1S/C14H14O2S/c1-4-7-13(17-3)14(16)12-9-6-5-8-11(12)10(2)15/h4-9H,1H2,2-3H3/b13-7-. The minimum absolute atomic E-state index is 0.104. The zero-order valence-corrected chi connectivity index (χ0v) is 10.7. The zero-order valence-electron chi connectivity index (χ0n) is 9.90. The molecular formula is C14H14O2S. The summed E-state index contributed by atoms with van der Waals surface area (Å²) in [7, 11) is 0. The van der Waals surface area contributed by atoms with E-state index in [1.165, 1.54) is 18.7 Å². The van der Waals surface area contributed by atoms with Gasteiger partial charge >= 0.3 is 0 Å². The van der Waals surface area contributed by atoms with Crippen LogP contribution in [0, 0.1) is 0 Å². The Bertz CT molecular complexity index is 487. The van der Waals surface area contributed by atoms with Gasteiger partial charge in [-0.3, -0.25) is 9.59 Å². The highest BCUT2D eigenvalue weighted by Gasteiger charge is 2.16. The number of rotatable bonds is 5. The molecule has 0 saturated carbocycles. The van der Waals surface area contributed by atoms with Gasteiger partial charge in [-0.05, 0) is 19.3 Å². The number of benzene rings is 1. The highest BCUT2D eigenvalue weighted by molar-refractivity contribution is 8.03. The number of hydrogen-bond donors (Lipinski definition) is 0. The number of Topliss-reactive ketones (excluding diaryl/α,β-unsaturated/α-hetero) is 2. The second kappa shape index (κ2) is 6.21. The molecular weight excluding hydrogens is 232 g/mol. The van der Waals surface area contributed by atoms with E-state index in [9.17, 15) is 9.59 Å². The van der Waals surface area contributed by atoms with Crippen molar-refractivity contribution in [2.75, 3.05) is 6.26 Å². The van der Waals surface area contributed by atoms with Crippen LogP contribution < -0.4 is 0 Å². The number of ketones is 2. The smallest absolute Gasteiger partial charge is 0.200 e. The van der Waals surface area contributed by atoms with E-state index in [-0.39, 0.29) is 11.6 Å². The van der Waals surface area contributed by atoms with Gasteiger partial charge in [-0.1, -0.05) is 36.9 Å². The fourth-order valence-electron chi connectivity index (χ4n) is 1.46. The van der Waals surface area contributed by atoms with E-state index in [2.05, 4.69) is 6.58 Å². The molecule has 0 aliphatic heterocycles. The van der Waals surface area contributed by atoms with Crippen LogP contribution in [0.25, 0.3) is 0 Å². The van der Waals surface area contributed by atoms with Crippen LogP contribution in [0.5, 0.6) is 0 Å². The number of carbonyl (C=O) groups excluding carboxylic acids is 2. The summed E-state index contributed by atoms with van der Waals surface area (Å²) in [4.78, 5) is 24.2. The van der Waals surface area contributed by atoms with Gasteiger partial charge in [0.2, 0.25) is 0 Å². The fourth-order valence-corrected chi connectivity index (χ4v) is 1.99. The number of hydrogen-bond acceptors (Lipinski definition) is 3. The molecule has 0 saturated heterocycles. The topological polar surface area (TPSA) is 34.1 Å². The molecule has 0 aliphatic rings. The SMILES string of the molecule is C=C/C=C(\SC)C(=O)c1ccccc1C(C)=O. The molecule has 0 radical (unpaired) electrons. The Kier molecular flexibility index (Phi) is 4.91. The predicted molar refractivity (Wildman–Crippen MR) is 72.6 cm³/mol. The van der Waals surface area contributed by atoms with Crippen LogP contribution in [-0.2, 0) is 0 Å². The maximum absolute atomic E-state index is 12.2. The molecule has 0 aliphatic carbocycles. The maximum Gasteiger partial charge on any atom is 0.200 e. The van der Waals surface area contributed by atoms with E-state index in [4.69, 9.17) is 0 Å². The third-order valence-corrected chi connectivity index (χ3v) is 3.03. The third kappa shape index (κ3) is 3.17. The molecule has 0 unspecified atom stereocenters. The normalized spacial score (nSPS) is 11.1. The van der Waals surface area contributed by atoms with Crippen LogP contribution in [-0.4, -0.2) is 17.8 Å². The fraction of sp³-hybridized carbons (Fsp3) is 0.143. The lowest BCUT2D eigenvalue weighted by Gasteiger charge is -2.06. The van der Waals surface area contributed by atoms with E-state index >= 15 is 0 Å². The second-order valence-electron chi connectivity index (χ2n) is 3.40. The number of thioether (sulfide) groups is 1. The van der Waals surface area contributed by atoms with Gasteiger partial charge in [0.15, 0.2) is 11.6 Å². The van der Waals surface area contributed by atoms with Crippen LogP contribution in [0.3, 0.4) is 0 Å². The van der Waals surface area contributed by atoms with Gasteiger partial charge in [-0.2, -0.15) is 0 Å². The largest absolute Gasteiger partial charge is 0.294 e. The second-order valence-corrected chi connectivity index (χ2v) is 4.25.